The molecule has 0 aliphatic rings. The minimum Gasteiger partial charge on any atom is -0.358 e. The van der Waals surface area contributed by atoms with E-state index in [1.807, 2.05) is 0 Å². The van der Waals surface area contributed by atoms with E-state index in [0.717, 1.165) is 0 Å². The fraction of sp³-hybridized carbons (Fsp3) is 0.750. The largest absolute Gasteiger partial charge is 0.478 e. The number of hydrogen-bond acceptors (Lipinski definition) is 4. The van der Waals surface area contributed by atoms with Gasteiger partial charge in [0.25, 0.3) is 0 Å². The van der Waals surface area contributed by atoms with E-state index in [2.05, 4.69) is 19.3 Å². The summed E-state index contributed by atoms with van der Waals surface area (Å²) in [7, 11) is -0.744. The number of hydrogen-bond donors (Lipinski definition) is 1. The van der Waals surface area contributed by atoms with Crippen molar-refractivity contribution in [3.63, 3.8) is 0 Å². The smallest absolute Gasteiger partial charge is 0.358 e. The first-order chi connectivity index (χ1) is 4.18. The zero-order valence-corrected chi connectivity index (χ0v) is 7.39. The molecule has 0 aromatic carbocycles. The van der Waals surface area contributed by atoms with Gasteiger partial charge in [0, 0.05) is 14.2 Å². The highest BCUT2D eigenvalue weighted by Crippen LogP contribution is 2.46. The summed E-state index contributed by atoms with van der Waals surface area (Å²) in [5.41, 5.74) is 3.31. The Hall–Kier alpha value is 0.0700. The van der Waals surface area contributed by atoms with E-state index >= 15 is 0 Å². The number of phosphoric acid groups is 1. The Morgan fingerprint density at radius 2 is 1.80 bits per heavy atom. The van der Waals surface area contributed by atoms with Crippen molar-refractivity contribution in [1.82, 2.24) is 0 Å². The topological polar surface area (TPSA) is 72.4 Å². The zero-order chi connectivity index (χ0) is 7.33. The minimum atomic E-state index is -3.24. The van der Waals surface area contributed by atoms with Crippen molar-refractivity contribution in [1.29, 1.82) is 0 Å². The van der Waals surface area contributed by atoms with Crippen molar-refractivity contribution in [2.45, 2.75) is 0 Å². The first-order valence-corrected chi connectivity index (χ1v) is 3.80. The number of rotatable bonds is 4. The summed E-state index contributed by atoms with van der Waals surface area (Å²) in [6.07, 6.45) is 0. The summed E-state index contributed by atoms with van der Waals surface area (Å²) in [6.45, 7) is 0.0684. The van der Waals surface area contributed by atoms with Crippen LogP contribution in [0.2, 0.25) is 0 Å². The van der Waals surface area contributed by atoms with Crippen molar-refractivity contribution in [2.75, 3.05) is 21.0 Å². The molecular weight excluding hydrogens is 157 g/mol. The van der Waals surface area contributed by atoms with Crippen LogP contribution in [0.4, 0.5) is 0 Å². The number of phosphoric ester groups is 1. The highest BCUT2D eigenvalue weighted by atomic mass is 31.2. The molecule has 0 rings (SSSR count). The van der Waals surface area contributed by atoms with E-state index in [-0.39, 0.29) is 14.2 Å². The van der Waals surface area contributed by atoms with E-state index < -0.39 is 7.82 Å². The van der Waals surface area contributed by atoms with Gasteiger partial charge in [0.2, 0.25) is 0 Å². The maximum Gasteiger partial charge on any atom is 0.478 e. The van der Waals surface area contributed by atoms with Crippen molar-refractivity contribution < 1.29 is 23.9 Å². The summed E-state index contributed by atoms with van der Waals surface area (Å²) >= 11 is 0. The van der Waals surface area contributed by atoms with E-state index in [1.54, 1.807) is 0 Å². The van der Waals surface area contributed by atoms with Crippen LogP contribution in [0, 0.1) is 7.43 Å². The molecule has 0 atom stereocenters. The summed E-state index contributed by atoms with van der Waals surface area (Å²) in [5, 5.41) is 0. The third kappa shape index (κ3) is 3.98. The second-order valence-corrected chi connectivity index (χ2v) is 3.03. The lowest BCUT2D eigenvalue weighted by Crippen LogP contribution is -2.51. The first kappa shape index (κ1) is 12.7. The van der Waals surface area contributed by atoms with Crippen LogP contribution in [0.15, 0.2) is 0 Å². The molecule has 3 N–H and O–H groups in total. The van der Waals surface area contributed by atoms with Gasteiger partial charge in [0.05, 0.1) is 0 Å². The summed E-state index contributed by atoms with van der Waals surface area (Å²) in [4.78, 5) is 0. The van der Waals surface area contributed by atoms with Gasteiger partial charge in [0.15, 0.2) is 6.73 Å². The summed E-state index contributed by atoms with van der Waals surface area (Å²) in [6, 6.07) is 0. The van der Waals surface area contributed by atoms with Crippen LogP contribution in [-0.2, 0) is 18.1 Å². The molecule has 64 valence electrons. The van der Waals surface area contributed by atoms with E-state index in [9.17, 15) is 4.57 Å². The Kier molecular flexibility index (Phi) is 7.41. The standard InChI is InChI=1S/C3H10NO4P.CH3/c1-6-9(5,7-2)8-3-4;/h3-4H2,1-2H3;1H3/q;-1/p+1. The van der Waals surface area contributed by atoms with Gasteiger partial charge in [-0.25, -0.2) is 9.09 Å². The van der Waals surface area contributed by atoms with Crippen molar-refractivity contribution >= 4 is 7.82 Å². The molecule has 0 aromatic heterocycles. The lowest BCUT2D eigenvalue weighted by molar-refractivity contribution is -0.415. The zero-order valence-electron chi connectivity index (χ0n) is 6.49. The van der Waals surface area contributed by atoms with Crippen LogP contribution >= 0.6 is 7.82 Å². The molecule has 0 bridgehead atoms. The van der Waals surface area contributed by atoms with Crippen LogP contribution < -0.4 is 5.73 Å². The van der Waals surface area contributed by atoms with Gasteiger partial charge in [0.1, 0.15) is 0 Å². The quantitative estimate of drug-likeness (QED) is 0.368. The maximum atomic E-state index is 10.8. The lowest BCUT2D eigenvalue weighted by Gasteiger charge is -2.09. The van der Waals surface area contributed by atoms with Crippen LogP contribution in [-0.4, -0.2) is 21.0 Å². The van der Waals surface area contributed by atoms with Crippen LogP contribution in [0.25, 0.3) is 0 Å². The first-order valence-electron chi connectivity index (χ1n) is 2.34. The van der Waals surface area contributed by atoms with E-state index in [0.29, 0.717) is 0 Å². The molecule has 0 unspecified atom stereocenters. The third-order valence-electron chi connectivity index (χ3n) is 0.697. The molecule has 6 heteroatoms. The SMILES string of the molecule is COP(=O)(OC)OC[NH3+].[CH3-]. The molecule has 0 saturated carbocycles. The predicted molar refractivity (Wildman–Crippen MR) is 36.9 cm³/mol. The molecule has 0 heterocycles. The molecule has 0 fully saturated rings. The predicted octanol–water partition coefficient (Wildman–Crippen LogP) is 0.0536. The van der Waals surface area contributed by atoms with Gasteiger partial charge in [-0.05, 0) is 0 Å². The Bertz CT molecular complexity index is 110. The summed E-state index contributed by atoms with van der Waals surface area (Å²) < 4.78 is 24.2. The normalized spacial score (nSPS) is 10.7. The second-order valence-electron chi connectivity index (χ2n) is 1.15. The minimum absolute atomic E-state index is 0. The van der Waals surface area contributed by atoms with Crippen LogP contribution in [0.5, 0.6) is 0 Å². The molecule has 0 aliphatic carbocycles. The Balaban J connectivity index is 0. The Morgan fingerprint density at radius 3 is 1.90 bits per heavy atom. The summed E-state index contributed by atoms with van der Waals surface area (Å²) in [5.74, 6) is 0. The molecule has 5 nitrogen and oxygen atoms in total. The molecule has 0 saturated heterocycles. The van der Waals surface area contributed by atoms with Gasteiger partial charge in [-0.3, -0.25) is 9.05 Å². The van der Waals surface area contributed by atoms with Crippen molar-refractivity contribution in [3.8, 4) is 0 Å². The Labute approximate surface area is 61.1 Å². The highest BCUT2D eigenvalue weighted by molar-refractivity contribution is 7.48. The van der Waals surface area contributed by atoms with Crippen LogP contribution in [0.1, 0.15) is 0 Å². The molecule has 10 heavy (non-hydrogen) atoms. The average Bonchev–Trinajstić information content (AvgIpc) is 1.89. The molecule has 0 aromatic rings. The molecule has 0 radical (unpaired) electrons. The monoisotopic (exact) mass is 171 g/mol. The Morgan fingerprint density at radius 1 is 1.40 bits per heavy atom. The van der Waals surface area contributed by atoms with E-state index in [4.69, 9.17) is 0 Å². The maximum absolute atomic E-state index is 10.8. The lowest BCUT2D eigenvalue weighted by atomic mass is 11.4. The fourth-order valence-corrected chi connectivity index (χ4v) is 0.875. The average molecular weight is 171 g/mol. The second kappa shape index (κ2) is 5.82. The highest BCUT2D eigenvalue weighted by Gasteiger charge is 2.21. The van der Waals surface area contributed by atoms with Gasteiger partial charge >= 0.3 is 7.82 Å². The van der Waals surface area contributed by atoms with Gasteiger partial charge in [-0.2, -0.15) is 0 Å². The van der Waals surface area contributed by atoms with Crippen molar-refractivity contribution in [2.24, 2.45) is 0 Å². The molecule has 0 aliphatic heterocycles. The van der Waals surface area contributed by atoms with Gasteiger partial charge in [-0.1, -0.05) is 0 Å². The van der Waals surface area contributed by atoms with E-state index in [1.165, 1.54) is 14.2 Å². The molecule has 0 amide bonds. The van der Waals surface area contributed by atoms with Crippen molar-refractivity contribution in [3.05, 3.63) is 7.43 Å². The van der Waals surface area contributed by atoms with Gasteiger partial charge in [-0.15, -0.1) is 0 Å². The molecular formula is C4H14NO4P. The molecule has 0 spiro atoms. The van der Waals surface area contributed by atoms with Crippen LogP contribution in [0.3, 0.4) is 0 Å². The fourth-order valence-electron chi connectivity index (χ4n) is 0.292. The number of quaternary nitrogens is 1. The van der Waals surface area contributed by atoms with Gasteiger partial charge < -0.3 is 13.2 Å². The third-order valence-corrected chi connectivity index (χ3v) is 2.09.